The smallest absolute Gasteiger partial charge is 0.245 e. The summed E-state index contributed by atoms with van der Waals surface area (Å²) in [7, 11) is 1.56. The van der Waals surface area contributed by atoms with E-state index in [-0.39, 0.29) is 17.9 Å². The summed E-state index contributed by atoms with van der Waals surface area (Å²) in [5.74, 6) is 0.152. The number of carbonyl (C=O) groups is 2. The minimum absolute atomic E-state index is 0.214. The van der Waals surface area contributed by atoms with Crippen molar-refractivity contribution in [3.63, 3.8) is 0 Å². The van der Waals surface area contributed by atoms with Gasteiger partial charge in [-0.3, -0.25) is 9.59 Å². The second-order valence-corrected chi connectivity index (χ2v) is 5.69. The van der Waals surface area contributed by atoms with Crippen molar-refractivity contribution in [1.29, 1.82) is 0 Å². The first kappa shape index (κ1) is 17.0. The van der Waals surface area contributed by atoms with Gasteiger partial charge in [0.15, 0.2) is 0 Å². The summed E-state index contributed by atoms with van der Waals surface area (Å²) in [6, 6.07) is -0.622. The molecule has 5 nitrogen and oxygen atoms in total. The lowest BCUT2D eigenvalue weighted by Crippen LogP contribution is -2.52. The first-order valence-corrected chi connectivity index (χ1v) is 7.65. The third kappa shape index (κ3) is 5.90. The fraction of sp³-hybridized carbons (Fsp3) is 0.867. The normalized spacial score (nSPS) is 19.8. The highest BCUT2D eigenvalue weighted by molar-refractivity contribution is 5.87. The highest BCUT2D eigenvalue weighted by Crippen LogP contribution is 2.23. The second kappa shape index (κ2) is 8.95. The summed E-state index contributed by atoms with van der Waals surface area (Å²) in [4.78, 5) is 23.0. The maximum Gasteiger partial charge on any atom is 0.245 e. The Hall–Kier alpha value is -1.10. The van der Waals surface area contributed by atoms with E-state index in [1.165, 1.54) is 45.4 Å². The van der Waals surface area contributed by atoms with E-state index < -0.39 is 6.04 Å². The molecule has 2 atom stereocenters. The second-order valence-electron chi connectivity index (χ2n) is 5.69. The van der Waals surface area contributed by atoms with Crippen LogP contribution in [-0.4, -0.2) is 37.6 Å². The standard InChI is InChI=1S/C15H28N2O3/c1-11(14(15(19)16-3)17-12(2)18)20-10-13-8-6-4-5-7-9-13/h11,13-14H,4-10H2,1-3H3,(H,16,19)(H,17,18). The van der Waals surface area contributed by atoms with Crippen LogP contribution in [0, 0.1) is 5.92 Å². The molecule has 0 aromatic heterocycles. The van der Waals surface area contributed by atoms with Gasteiger partial charge in [-0.2, -0.15) is 0 Å². The first-order chi connectivity index (χ1) is 9.54. The van der Waals surface area contributed by atoms with Crippen molar-refractivity contribution in [2.75, 3.05) is 13.7 Å². The van der Waals surface area contributed by atoms with E-state index in [0.717, 1.165) is 0 Å². The molecule has 0 heterocycles. The zero-order valence-electron chi connectivity index (χ0n) is 12.9. The van der Waals surface area contributed by atoms with Crippen molar-refractivity contribution < 1.29 is 14.3 Å². The SMILES string of the molecule is CNC(=O)C(NC(C)=O)C(C)OCC1CCCCCC1. The molecule has 20 heavy (non-hydrogen) atoms. The summed E-state index contributed by atoms with van der Waals surface area (Å²) < 4.78 is 5.85. The molecule has 116 valence electrons. The molecular weight excluding hydrogens is 256 g/mol. The quantitative estimate of drug-likeness (QED) is 0.728. The number of hydrogen-bond donors (Lipinski definition) is 2. The molecular formula is C15H28N2O3. The Kier molecular flexibility index (Phi) is 7.59. The van der Waals surface area contributed by atoms with Gasteiger partial charge in [0.1, 0.15) is 6.04 Å². The average molecular weight is 284 g/mol. The fourth-order valence-electron chi connectivity index (χ4n) is 2.69. The van der Waals surface area contributed by atoms with Gasteiger partial charge in [-0.25, -0.2) is 0 Å². The highest BCUT2D eigenvalue weighted by atomic mass is 16.5. The lowest BCUT2D eigenvalue weighted by Gasteiger charge is -2.25. The molecule has 0 aromatic carbocycles. The molecule has 1 aliphatic carbocycles. The monoisotopic (exact) mass is 284 g/mol. The molecule has 5 heteroatoms. The number of carbonyl (C=O) groups excluding carboxylic acids is 2. The predicted octanol–water partition coefficient (Wildman–Crippen LogP) is 1.61. The lowest BCUT2D eigenvalue weighted by molar-refractivity contribution is -0.132. The van der Waals surface area contributed by atoms with Crippen LogP contribution in [-0.2, 0) is 14.3 Å². The molecule has 2 unspecified atom stereocenters. The van der Waals surface area contributed by atoms with Crippen LogP contribution in [0.3, 0.4) is 0 Å². The van der Waals surface area contributed by atoms with Crippen molar-refractivity contribution in [3.05, 3.63) is 0 Å². The predicted molar refractivity (Wildman–Crippen MR) is 78.3 cm³/mol. The van der Waals surface area contributed by atoms with Gasteiger partial charge >= 0.3 is 0 Å². The van der Waals surface area contributed by atoms with Crippen LogP contribution < -0.4 is 10.6 Å². The van der Waals surface area contributed by atoms with Crippen LogP contribution in [0.4, 0.5) is 0 Å². The third-order valence-electron chi connectivity index (χ3n) is 3.93. The molecule has 1 fully saturated rings. The maximum atomic E-state index is 11.8. The Morgan fingerprint density at radius 1 is 1.20 bits per heavy atom. The maximum absolute atomic E-state index is 11.8. The summed E-state index contributed by atoms with van der Waals surface area (Å²) in [5, 5.41) is 5.22. The molecule has 2 amide bonds. The number of ether oxygens (including phenoxy) is 1. The van der Waals surface area contributed by atoms with E-state index >= 15 is 0 Å². The summed E-state index contributed by atoms with van der Waals surface area (Å²) in [6.45, 7) is 3.93. The molecule has 0 aromatic rings. The van der Waals surface area contributed by atoms with Crippen LogP contribution in [0.15, 0.2) is 0 Å². The van der Waals surface area contributed by atoms with Crippen molar-refractivity contribution in [1.82, 2.24) is 10.6 Å². The van der Waals surface area contributed by atoms with Crippen molar-refractivity contribution in [2.45, 2.75) is 64.5 Å². The Labute approximate surface area is 121 Å². The molecule has 1 saturated carbocycles. The van der Waals surface area contributed by atoms with Crippen LogP contribution >= 0.6 is 0 Å². The zero-order chi connectivity index (χ0) is 15.0. The van der Waals surface area contributed by atoms with Crippen molar-refractivity contribution in [3.8, 4) is 0 Å². The number of likely N-dealkylation sites (N-methyl/N-ethyl adjacent to an activating group) is 1. The minimum Gasteiger partial charge on any atom is -0.376 e. The van der Waals surface area contributed by atoms with E-state index in [1.807, 2.05) is 6.92 Å². The summed E-state index contributed by atoms with van der Waals surface area (Å²) in [6.07, 6.45) is 7.27. The number of nitrogens with one attached hydrogen (secondary N) is 2. The van der Waals surface area contributed by atoms with Gasteiger partial charge in [0.25, 0.3) is 0 Å². The number of amides is 2. The van der Waals surface area contributed by atoms with E-state index in [9.17, 15) is 9.59 Å². The average Bonchev–Trinajstić information content (AvgIpc) is 2.69. The van der Waals surface area contributed by atoms with E-state index in [1.54, 1.807) is 7.05 Å². The largest absolute Gasteiger partial charge is 0.376 e. The van der Waals surface area contributed by atoms with Gasteiger partial charge in [-0.1, -0.05) is 25.7 Å². The van der Waals surface area contributed by atoms with Gasteiger partial charge in [0.2, 0.25) is 11.8 Å². The van der Waals surface area contributed by atoms with Crippen molar-refractivity contribution >= 4 is 11.8 Å². The first-order valence-electron chi connectivity index (χ1n) is 7.65. The molecule has 0 radical (unpaired) electrons. The van der Waals surface area contributed by atoms with Gasteiger partial charge in [-0.15, -0.1) is 0 Å². The van der Waals surface area contributed by atoms with Crippen LogP contribution in [0.25, 0.3) is 0 Å². The summed E-state index contributed by atoms with van der Waals surface area (Å²) in [5.41, 5.74) is 0. The number of rotatable bonds is 6. The zero-order valence-corrected chi connectivity index (χ0v) is 12.9. The highest BCUT2D eigenvalue weighted by Gasteiger charge is 2.26. The molecule has 1 rings (SSSR count). The van der Waals surface area contributed by atoms with Gasteiger partial charge in [0, 0.05) is 20.6 Å². The van der Waals surface area contributed by atoms with Crippen molar-refractivity contribution in [2.24, 2.45) is 5.92 Å². The molecule has 2 N–H and O–H groups in total. The van der Waals surface area contributed by atoms with E-state index in [2.05, 4.69) is 10.6 Å². The topological polar surface area (TPSA) is 67.4 Å². The van der Waals surface area contributed by atoms with Crippen LogP contribution in [0.5, 0.6) is 0 Å². The van der Waals surface area contributed by atoms with Gasteiger partial charge < -0.3 is 15.4 Å². The molecule has 0 bridgehead atoms. The Morgan fingerprint density at radius 3 is 2.30 bits per heavy atom. The fourth-order valence-corrected chi connectivity index (χ4v) is 2.69. The van der Waals surface area contributed by atoms with E-state index in [4.69, 9.17) is 4.74 Å². The molecule has 0 aliphatic heterocycles. The lowest BCUT2D eigenvalue weighted by atomic mass is 10.0. The summed E-state index contributed by atoms with van der Waals surface area (Å²) >= 11 is 0. The number of hydrogen-bond acceptors (Lipinski definition) is 3. The van der Waals surface area contributed by atoms with Gasteiger partial charge in [-0.05, 0) is 25.7 Å². The Bertz CT molecular complexity index is 312. The minimum atomic E-state index is -0.622. The Balaban J connectivity index is 2.45. The van der Waals surface area contributed by atoms with Gasteiger partial charge in [0.05, 0.1) is 6.10 Å². The Morgan fingerprint density at radius 2 is 1.80 bits per heavy atom. The molecule has 1 aliphatic rings. The molecule has 0 saturated heterocycles. The third-order valence-corrected chi connectivity index (χ3v) is 3.93. The van der Waals surface area contributed by atoms with Crippen LogP contribution in [0.2, 0.25) is 0 Å². The van der Waals surface area contributed by atoms with Crippen LogP contribution in [0.1, 0.15) is 52.4 Å². The van der Waals surface area contributed by atoms with E-state index in [0.29, 0.717) is 12.5 Å². The molecule has 0 spiro atoms.